The average molecular weight is 255 g/mol. The van der Waals surface area contributed by atoms with Crippen LogP contribution < -0.4 is 5.32 Å². The summed E-state index contributed by atoms with van der Waals surface area (Å²) in [5.41, 5.74) is 0. The fourth-order valence-electron chi connectivity index (χ4n) is 3.69. The van der Waals surface area contributed by atoms with Crippen LogP contribution in [0.15, 0.2) is 0 Å². The molecule has 1 aliphatic carbocycles. The minimum atomic E-state index is 0.773. The van der Waals surface area contributed by atoms with Crippen molar-refractivity contribution in [3.63, 3.8) is 0 Å². The summed E-state index contributed by atoms with van der Waals surface area (Å²) < 4.78 is 0. The first-order chi connectivity index (χ1) is 8.22. The van der Waals surface area contributed by atoms with Crippen LogP contribution in [0.5, 0.6) is 0 Å². The Kier molecular flexibility index (Phi) is 5.23. The summed E-state index contributed by atoms with van der Waals surface area (Å²) in [6.45, 7) is 4.89. The van der Waals surface area contributed by atoms with Gasteiger partial charge in [-0.05, 0) is 56.2 Å². The number of rotatable bonds is 3. The van der Waals surface area contributed by atoms with E-state index in [1.807, 2.05) is 0 Å². The maximum Gasteiger partial charge on any atom is 0.0211 e. The molecule has 1 saturated heterocycles. The molecule has 100 valence electrons. The molecular formula is C15H29NS. The average Bonchev–Trinajstić information content (AvgIpc) is 2.36. The summed E-state index contributed by atoms with van der Waals surface area (Å²) in [6, 6.07) is 0.773. The van der Waals surface area contributed by atoms with Crippen molar-refractivity contribution in [2.24, 2.45) is 17.8 Å². The van der Waals surface area contributed by atoms with Gasteiger partial charge in [0, 0.05) is 11.3 Å². The molecule has 17 heavy (non-hydrogen) atoms. The number of hydrogen-bond donors (Lipinski definition) is 1. The number of hydrogen-bond acceptors (Lipinski definition) is 2. The summed E-state index contributed by atoms with van der Waals surface area (Å²) in [6.07, 6.45) is 8.68. The summed E-state index contributed by atoms with van der Waals surface area (Å²) in [5, 5.41) is 4.54. The van der Waals surface area contributed by atoms with Gasteiger partial charge in [-0.2, -0.15) is 11.8 Å². The molecular weight excluding hydrogens is 226 g/mol. The van der Waals surface area contributed by atoms with E-state index in [4.69, 9.17) is 0 Å². The van der Waals surface area contributed by atoms with E-state index in [0.717, 1.165) is 29.0 Å². The molecule has 1 aliphatic heterocycles. The number of thioether (sulfide) groups is 1. The van der Waals surface area contributed by atoms with Gasteiger partial charge in [-0.15, -0.1) is 0 Å². The zero-order valence-corrected chi connectivity index (χ0v) is 12.6. The van der Waals surface area contributed by atoms with Crippen molar-refractivity contribution in [2.45, 2.75) is 63.7 Å². The summed E-state index contributed by atoms with van der Waals surface area (Å²) in [4.78, 5) is 0. The standard InChI is InChI=1S/C15H29NS/c1-11-7-8-13(10-12(11)2)15(16-3)14-6-4-5-9-17-14/h11-16H,4-10H2,1-3H3. The molecule has 2 rings (SSSR count). The number of nitrogens with one attached hydrogen (secondary N) is 1. The van der Waals surface area contributed by atoms with Crippen LogP contribution in [0.2, 0.25) is 0 Å². The molecule has 2 heteroatoms. The Bertz CT molecular complexity index is 225. The second-order valence-electron chi connectivity index (χ2n) is 6.25. The highest BCUT2D eigenvalue weighted by atomic mass is 32.2. The van der Waals surface area contributed by atoms with Gasteiger partial charge in [0.1, 0.15) is 0 Å². The molecule has 5 unspecified atom stereocenters. The third kappa shape index (κ3) is 3.41. The minimum Gasteiger partial charge on any atom is -0.316 e. The van der Waals surface area contributed by atoms with Crippen LogP contribution in [-0.2, 0) is 0 Å². The van der Waals surface area contributed by atoms with Gasteiger partial charge < -0.3 is 5.32 Å². The minimum absolute atomic E-state index is 0.773. The maximum atomic E-state index is 3.66. The second-order valence-corrected chi connectivity index (χ2v) is 7.59. The highest BCUT2D eigenvalue weighted by Gasteiger charge is 2.34. The van der Waals surface area contributed by atoms with Crippen LogP contribution in [-0.4, -0.2) is 24.1 Å². The molecule has 1 nitrogen and oxygen atoms in total. The van der Waals surface area contributed by atoms with Crippen molar-refractivity contribution in [3.8, 4) is 0 Å². The lowest BCUT2D eigenvalue weighted by atomic mass is 9.72. The maximum absolute atomic E-state index is 3.66. The molecule has 1 saturated carbocycles. The van der Waals surface area contributed by atoms with E-state index in [9.17, 15) is 0 Å². The van der Waals surface area contributed by atoms with E-state index in [0.29, 0.717) is 0 Å². The Labute approximate surface area is 112 Å². The lowest BCUT2D eigenvalue weighted by Crippen LogP contribution is -2.45. The first-order valence-electron chi connectivity index (χ1n) is 7.51. The van der Waals surface area contributed by atoms with Gasteiger partial charge in [0.15, 0.2) is 0 Å². The molecule has 0 bridgehead atoms. The van der Waals surface area contributed by atoms with Gasteiger partial charge in [0.2, 0.25) is 0 Å². The fraction of sp³-hybridized carbons (Fsp3) is 1.00. The van der Waals surface area contributed by atoms with Gasteiger partial charge in [-0.3, -0.25) is 0 Å². The van der Waals surface area contributed by atoms with Crippen LogP contribution in [0.25, 0.3) is 0 Å². The zero-order chi connectivity index (χ0) is 12.3. The second kappa shape index (κ2) is 6.47. The molecule has 0 spiro atoms. The van der Waals surface area contributed by atoms with Crippen LogP contribution in [0.3, 0.4) is 0 Å². The topological polar surface area (TPSA) is 12.0 Å². The Morgan fingerprint density at radius 3 is 2.47 bits per heavy atom. The van der Waals surface area contributed by atoms with Crippen molar-refractivity contribution in [3.05, 3.63) is 0 Å². The van der Waals surface area contributed by atoms with Crippen molar-refractivity contribution < 1.29 is 0 Å². The third-order valence-corrected chi connectivity index (χ3v) is 6.58. The molecule has 2 fully saturated rings. The van der Waals surface area contributed by atoms with E-state index in [2.05, 4.69) is 38.0 Å². The van der Waals surface area contributed by atoms with Crippen LogP contribution >= 0.6 is 11.8 Å². The van der Waals surface area contributed by atoms with E-state index in [-0.39, 0.29) is 0 Å². The quantitative estimate of drug-likeness (QED) is 0.820. The Morgan fingerprint density at radius 1 is 1.06 bits per heavy atom. The predicted molar refractivity (Wildman–Crippen MR) is 78.6 cm³/mol. The van der Waals surface area contributed by atoms with Crippen molar-refractivity contribution in [1.82, 2.24) is 5.32 Å². The summed E-state index contributed by atoms with van der Waals surface area (Å²) in [5.74, 6) is 4.20. The lowest BCUT2D eigenvalue weighted by molar-refractivity contribution is 0.170. The van der Waals surface area contributed by atoms with Gasteiger partial charge in [-0.1, -0.05) is 26.7 Å². The first kappa shape index (κ1) is 13.7. The smallest absolute Gasteiger partial charge is 0.0211 e. The predicted octanol–water partition coefficient (Wildman–Crippen LogP) is 3.93. The Morgan fingerprint density at radius 2 is 1.88 bits per heavy atom. The SMILES string of the molecule is CNC(C1CCC(C)C(C)C1)C1CCCCS1. The van der Waals surface area contributed by atoms with Crippen molar-refractivity contribution in [2.75, 3.05) is 12.8 Å². The molecule has 0 aromatic carbocycles. The molecule has 5 atom stereocenters. The monoisotopic (exact) mass is 255 g/mol. The molecule has 0 aromatic rings. The first-order valence-corrected chi connectivity index (χ1v) is 8.56. The molecule has 1 heterocycles. The van der Waals surface area contributed by atoms with Crippen LogP contribution in [0.1, 0.15) is 52.4 Å². The van der Waals surface area contributed by atoms with Gasteiger partial charge in [0.25, 0.3) is 0 Å². The van der Waals surface area contributed by atoms with Crippen LogP contribution in [0, 0.1) is 17.8 Å². The molecule has 1 N–H and O–H groups in total. The third-order valence-electron chi connectivity index (χ3n) is 5.10. The van der Waals surface area contributed by atoms with Crippen molar-refractivity contribution >= 4 is 11.8 Å². The highest BCUT2D eigenvalue weighted by molar-refractivity contribution is 8.00. The van der Waals surface area contributed by atoms with E-state index >= 15 is 0 Å². The lowest BCUT2D eigenvalue weighted by Gasteiger charge is -2.40. The van der Waals surface area contributed by atoms with E-state index in [1.54, 1.807) is 0 Å². The normalized spacial score (nSPS) is 41.1. The highest BCUT2D eigenvalue weighted by Crippen LogP contribution is 2.39. The zero-order valence-electron chi connectivity index (χ0n) is 11.7. The van der Waals surface area contributed by atoms with Gasteiger partial charge in [-0.25, -0.2) is 0 Å². The fourth-order valence-corrected chi connectivity index (χ4v) is 5.26. The van der Waals surface area contributed by atoms with E-state index in [1.165, 1.54) is 44.3 Å². The van der Waals surface area contributed by atoms with Crippen molar-refractivity contribution in [1.29, 1.82) is 0 Å². The summed E-state index contributed by atoms with van der Waals surface area (Å²) >= 11 is 2.23. The molecule has 2 aliphatic rings. The van der Waals surface area contributed by atoms with E-state index < -0.39 is 0 Å². The largest absolute Gasteiger partial charge is 0.316 e. The molecule has 0 radical (unpaired) electrons. The molecule has 0 aromatic heterocycles. The summed E-state index contributed by atoms with van der Waals surface area (Å²) in [7, 11) is 2.18. The van der Waals surface area contributed by atoms with Gasteiger partial charge >= 0.3 is 0 Å². The van der Waals surface area contributed by atoms with Crippen LogP contribution in [0.4, 0.5) is 0 Å². The Hall–Kier alpha value is 0.310. The Balaban J connectivity index is 1.93. The van der Waals surface area contributed by atoms with Gasteiger partial charge in [0.05, 0.1) is 0 Å². The molecule has 0 amide bonds.